The predicted molar refractivity (Wildman–Crippen MR) is 117 cm³/mol. The third-order valence-corrected chi connectivity index (χ3v) is 7.43. The van der Waals surface area contributed by atoms with Crippen LogP contribution in [-0.4, -0.2) is 17.6 Å². The van der Waals surface area contributed by atoms with Gasteiger partial charge in [-0.05, 0) is 53.8 Å². The van der Waals surface area contributed by atoms with E-state index in [1.54, 1.807) is 13.0 Å². The Morgan fingerprint density at radius 1 is 0.839 bits per heavy atom. The van der Waals surface area contributed by atoms with Crippen LogP contribution in [0.15, 0.2) is 72.8 Å². The number of imide groups is 1. The van der Waals surface area contributed by atoms with Crippen molar-refractivity contribution in [2.75, 3.05) is 4.90 Å². The fourth-order valence-corrected chi connectivity index (χ4v) is 6.39. The van der Waals surface area contributed by atoms with Crippen LogP contribution in [0.2, 0.25) is 0 Å². The summed E-state index contributed by atoms with van der Waals surface area (Å²) in [5.74, 6) is -2.11. The lowest BCUT2D eigenvalue weighted by Crippen LogP contribution is -2.57. The van der Waals surface area contributed by atoms with Crippen LogP contribution in [0.1, 0.15) is 40.7 Å². The van der Waals surface area contributed by atoms with Crippen molar-refractivity contribution in [2.45, 2.75) is 25.2 Å². The summed E-state index contributed by atoms with van der Waals surface area (Å²) in [5, 5.41) is 0. The molecular formula is C27H21NO3. The fraction of sp³-hybridized carbons (Fsp3) is 0.222. The summed E-state index contributed by atoms with van der Waals surface area (Å²) < 4.78 is 0. The molecule has 1 aliphatic heterocycles. The molecule has 2 atom stereocenters. The van der Waals surface area contributed by atoms with E-state index in [0.717, 1.165) is 27.8 Å². The van der Waals surface area contributed by atoms with Crippen LogP contribution >= 0.6 is 0 Å². The number of nitrogens with zero attached hydrogens (tertiary/aromatic N) is 1. The summed E-state index contributed by atoms with van der Waals surface area (Å²) in [4.78, 5) is 42.6. The Bertz CT molecular complexity index is 1260. The summed E-state index contributed by atoms with van der Waals surface area (Å²) in [6.07, 6.45) is 0. The molecule has 0 radical (unpaired) electrons. The fourth-order valence-electron chi connectivity index (χ4n) is 6.39. The molecule has 4 nitrogen and oxygen atoms in total. The first-order chi connectivity index (χ1) is 15.0. The number of ketones is 1. The summed E-state index contributed by atoms with van der Waals surface area (Å²) >= 11 is 0. The van der Waals surface area contributed by atoms with Crippen LogP contribution in [0.3, 0.4) is 0 Å². The van der Waals surface area contributed by atoms with Crippen LogP contribution in [0.25, 0.3) is 0 Å². The van der Waals surface area contributed by atoms with E-state index in [1.165, 1.54) is 4.90 Å². The number of hydrogen-bond donors (Lipinski definition) is 0. The van der Waals surface area contributed by atoms with Gasteiger partial charge < -0.3 is 0 Å². The average molecular weight is 407 g/mol. The molecule has 4 aliphatic rings. The van der Waals surface area contributed by atoms with Crippen LogP contribution < -0.4 is 4.90 Å². The molecule has 0 spiro atoms. The van der Waals surface area contributed by atoms with E-state index < -0.39 is 17.3 Å². The predicted octanol–water partition coefficient (Wildman–Crippen LogP) is 4.13. The molecule has 3 aliphatic carbocycles. The van der Waals surface area contributed by atoms with E-state index in [-0.39, 0.29) is 23.5 Å². The van der Waals surface area contributed by atoms with Gasteiger partial charge in [0.05, 0.1) is 22.9 Å². The van der Waals surface area contributed by atoms with Gasteiger partial charge >= 0.3 is 0 Å². The summed E-state index contributed by atoms with van der Waals surface area (Å²) in [7, 11) is 0. The van der Waals surface area contributed by atoms with Gasteiger partial charge in [-0.25, -0.2) is 4.90 Å². The van der Waals surface area contributed by atoms with E-state index in [2.05, 4.69) is 0 Å². The molecule has 31 heavy (non-hydrogen) atoms. The molecule has 3 aromatic rings. The van der Waals surface area contributed by atoms with Crippen LogP contribution in [-0.2, 0) is 19.8 Å². The molecular weight excluding hydrogens is 386 g/mol. The van der Waals surface area contributed by atoms with E-state index in [4.69, 9.17) is 0 Å². The van der Waals surface area contributed by atoms with Crippen molar-refractivity contribution in [2.24, 2.45) is 11.8 Å². The lowest BCUT2D eigenvalue weighted by molar-refractivity contribution is -0.132. The van der Waals surface area contributed by atoms with Gasteiger partial charge in [0, 0.05) is 5.92 Å². The molecule has 152 valence electrons. The van der Waals surface area contributed by atoms with Gasteiger partial charge in [-0.1, -0.05) is 60.7 Å². The van der Waals surface area contributed by atoms with E-state index in [9.17, 15) is 14.4 Å². The highest BCUT2D eigenvalue weighted by Gasteiger charge is 2.69. The Labute approximate surface area is 180 Å². The second-order valence-corrected chi connectivity index (χ2v) is 8.87. The van der Waals surface area contributed by atoms with Crippen LogP contribution in [0, 0.1) is 18.8 Å². The largest absolute Gasteiger partial charge is 0.299 e. The molecule has 4 heteroatoms. The highest BCUT2D eigenvalue weighted by Crippen LogP contribution is 2.64. The lowest BCUT2D eigenvalue weighted by atomic mass is 9.46. The topological polar surface area (TPSA) is 54.5 Å². The van der Waals surface area contributed by atoms with Gasteiger partial charge in [0.2, 0.25) is 11.8 Å². The number of carbonyl (C=O) groups excluding carboxylic acids is 3. The maximum Gasteiger partial charge on any atom is 0.239 e. The third kappa shape index (κ3) is 2.03. The Morgan fingerprint density at radius 3 is 2.03 bits per heavy atom. The van der Waals surface area contributed by atoms with Gasteiger partial charge in [0.25, 0.3) is 0 Å². The molecule has 7 rings (SSSR count). The molecule has 0 saturated carbocycles. The minimum atomic E-state index is -1.14. The number of hydrogen-bond acceptors (Lipinski definition) is 3. The Balaban J connectivity index is 1.68. The summed E-state index contributed by atoms with van der Waals surface area (Å²) in [6.45, 7) is 3.50. The van der Waals surface area contributed by atoms with Gasteiger partial charge in [-0.2, -0.15) is 0 Å². The first-order valence-corrected chi connectivity index (χ1v) is 10.6. The van der Waals surface area contributed by atoms with Gasteiger partial charge in [0.15, 0.2) is 0 Å². The van der Waals surface area contributed by atoms with Crippen molar-refractivity contribution in [3.63, 3.8) is 0 Å². The number of amides is 2. The van der Waals surface area contributed by atoms with Gasteiger partial charge in [-0.15, -0.1) is 0 Å². The quantitative estimate of drug-likeness (QED) is 0.600. The van der Waals surface area contributed by atoms with E-state index >= 15 is 0 Å². The summed E-state index contributed by atoms with van der Waals surface area (Å²) in [6, 6.07) is 23.1. The molecule has 0 N–H and O–H groups in total. The maximum absolute atomic E-state index is 13.9. The second kappa shape index (κ2) is 6.01. The smallest absolute Gasteiger partial charge is 0.239 e. The lowest BCUT2D eigenvalue weighted by Gasteiger charge is -2.52. The van der Waals surface area contributed by atoms with Crippen molar-refractivity contribution in [1.29, 1.82) is 0 Å². The van der Waals surface area contributed by atoms with E-state index in [1.807, 2.05) is 73.7 Å². The number of aryl methyl sites for hydroxylation is 1. The highest BCUT2D eigenvalue weighted by atomic mass is 16.2. The monoisotopic (exact) mass is 407 g/mol. The van der Waals surface area contributed by atoms with E-state index in [0.29, 0.717) is 5.69 Å². The molecule has 2 amide bonds. The van der Waals surface area contributed by atoms with Gasteiger partial charge in [-0.3, -0.25) is 14.4 Å². The van der Waals surface area contributed by atoms with Gasteiger partial charge in [0.1, 0.15) is 5.78 Å². The highest BCUT2D eigenvalue weighted by molar-refractivity contribution is 6.25. The molecule has 3 aromatic carbocycles. The number of benzene rings is 3. The Morgan fingerprint density at radius 2 is 1.45 bits per heavy atom. The molecule has 1 fully saturated rings. The minimum Gasteiger partial charge on any atom is -0.299 e. The zero-order valence-electron chi connectivity index (χ0n) is 17.3. The normalized spacial score (nSPS) is 27.7. The first-order valence-electron chi connectivity index (χ1n) is 10.6. The standard InChI is InChI=1S/C27H21NO3/c1-15-8-7-9-17(14-15)28-25(30)23-22-18-10-3-5-12-20(18)27(16(2)29,24(23)26(28)31)21-13-6-4-11-19(21)22/h3-14,22-24H,1-2H3/t22?,23-,24+,27?/m0/s1. The SMILES string of the molecule is CC(=O)C12c3ccccc3C(c3ccccc31)[C@@H]1C(=O)N(c3cccc(C)c3)C(=O)[C@@H]12. The molecule has 0 aromatic heterocycles. The van der Waals surface area contributed by atoms with Crippen molar-refractivity contribution < 1.29 is 14.4 Å². The Kier molecular flexibility index (Phi) is 3.54. The summed E-state index contributed by atoms with van der Waals surface area (Å²) in [5.41, 5.74) is 4.14. The molecule has 2 bridgehead atoms. The van der Waals surface area contributed by atoms with Crippen molar-refractivity contribution in [3.8, 4) is 0 Å². The average Bonchev–Trinajstić information content (AvgIpc) is 3.04. The first kappa shape index (κ1) is 18.3. The van der Waals surface area contributed by atoms with Crippen LogP contribution in [0.5, 0.6) is 0 Å². The molecule has 0 unspecified atom stereocenters. The molecule has 1 heterocycles. The number of carbonyl (C=O) groups is 3. The van der Waals surface area contributed by atoms with Crippen molar-refractivity contribution in [3.05, 3.63) is 101 Å². The van der Waals surface area contributed by atoms with Crippen molar-refractivity contribution >= 4 is 23.3 Å². The Hall–Kier alpha value is -3.53. The number of Topliss-reactive ketones (excluding diaryl/α,β-unsaturated/α-hetero) is 1. The maximum atomic E-state index is 13.9. The zero-order chi connectivity index (χ0) is 21.5. The minimum absolute atomic E-state index is 0.0900. The zero-order valence-corrected chi connectivity index (χ0v) is 17.3. The van der Waals surface area contributed by atoms with Crippen molar-refractivity contribution in [1.82, 2.24) is 0 Å². The third-order valence-electron chi connectivity index (χ3n) is 7.43. The number of anilines is 1. The second-order valence-electron chi connectivity index (χ2n) is 8.87. The van der Waals surface area contributed by atoms with Crippen LogP contribution in [0.4, 0.5) is 5.69 Å². The molecule has 1 saturated heterocycles. The number of rotatable bonds is 2.